The lowest BCUT2D eigenvalue weighted by Crippen LogP contribution is -2.49. The molecule has 3 rings (SSSR count). The first-order valence-electron chi connectivity index (χ1n) is 8.61. The standard InChI is InChI=1S/C17H25N3O4S/c1-13-5-3-7-15(18-13)19-16(21)14-6-4-10-20(11-14)25(22,23)17(8-9-17)12-24-2/h3,5,7,14H,4,6,8-12H2,1-2H3,(H,18,19,21). The first-order valence-corrected chi connectivity index (χ1v) is 10.1. The molecule has 1 aromatic rings. The number of aromatic nitrogens is 1. The number of hydrogen-bond donors (Lipinski definition) is 1. The molecule has 1 aliphatic heterocycles. The van der Waals surface area contributed by atoms with Crippen molar-refractivity contribution >= 4 is 21.7 Å². The third-order valence-corrected chi connectivity index (χ3v) is 7.63. The zero-order valence-electron chi connectivity index (χ0n) is 14.7. The van der Waals surface area contributed by atoms with Crippen LogP contribution >= 0.6 is 0 Å². The largest absolute Gasteiger partial charge is 0.383 e. The molecule has 2 aliphatic rings. The van der Waals surface area contributed by atoms with Crippen molar-refractivity contribution in [3.05, 3.63) is 23.9 Å². The Kier molecular flexibility index (Phi) is 5.13. The van der Waals surface area contributed by atoms with Crippen molar-refractivity contribution in [2.45, 2.75) is 37.4 Å². The van der Waals surface area contributed by atoms with Crippen molar-refractivity contribution in [2.24, 2.45) is 5.92 Å². The Morgan fingerprint density at radius 1 is 1.44 bits per heavy atom. The zero-order valence-corrected chi connectivity index (χ0v) is 15.5. The number of nitrogens with zero attached hydrogens (tertiary/aromatic N) is 2. The summed E-state index contributed by atoms with van der Waals surface area (Å²) < 4.78 is 31.7. The number of amides is 1. The van der Waals surface area contributed by atoms with Crippen LogP contribution in [0.5, 0.6) is 0 Å². The monoisotopic (exact) mass is 367 g/mol. The summed E-state index contributed by atoms with van der Waals surface area (Å²) in [6.07, 6.45) is 2.62. The molecule has 1 amide bonds. The SMILES string of the molecule is COCC1(S(=O)(=O)N2CCCC(C(=O)Nc3cccc(C)n3)C2)CC1. The van der Waals surface area contributed by atoms with Crippen LogP contribution in [0.2, 0.25) is 0 Å². The van der Waals surface area contributed by atoms with Crippen LogP contribution in [-0.4, -0.2) is 55.2 Å². The van der Waals surface area contributed by atoms with Crippen LogP contribution in [0.15, 0.2) is 18.2 Å². The van der Waals surface area contributed by atoms with E-state index in [1.165, 1.54) is 11.4 Å². The quantitative estimate of drug-likeness (QED) is 0.824. The molecule has 0 radical (unpaired) electrons. The highest BCUT2D eigenvalue weighted by atomic mass is 32.2. The summed E-state index contributed by atoms with van der Waals surface area (Å²) in [6, 6.07) is 5.42. The molecule has 0 spiro atoms. The van der Waals surface area contributed by atoms with Gasteiger partial charge in [-0.1, -0.05) is 6.07 Å². The Labute approximate surface area is 148 Å². The molecule has 7 nitrogen and oxygen atoms in total. The van der Waals surface area contributed by atoms with Gasteiger partial charge < -0.3 is 10.1 Å². The fourth-order valence-electron chi connectivity index (χ4n) is 3.37. The van der Waals surface area contributed by atoms with Gasteiger partial charge in [-0.15, -0.1) is 0 Å². The van der Waals surface area contributed by atoms with Gasteiger partial charge in [0.25, 0.3) is 0 Å². The first-order chi connectivity index (χ1) is 11.9. The van der Waals surface area contributed by atoms with E-state index in [1.807, 2.05) is 19.1 Å². The van der Waals surface area contributed by atoms with Gasteiger partial charge in [0.05, 0.1) is 12.5 Å². The third kappa shape index (κ3) is 3.70. The number of nitrogens with one attached hydrogen (secondary N) is 1. The minimum absolute atomic E-state index is 0.172. The average molecular weight is 367 g/mol. The van der Waals surface area contributed by atoms with Gasteiger partial charge in [0.1, 0.15) is 10.6 Å². The van der Waals surface area contributed by atoms with Crippen molar-refractivity contribution in [2.75, 3.05) is 32.1 Å². The van der Waals surface area contributed by atoms with Crippen LogP contribution in [0.4, 0.5) is 5.82 Å². The molecule has 1 aliphatic carbocycles. The van der Waals surface area contributed by atoms with Crippen LogP contribution < -0.4 is 5.32 Å². The topological polar surface area (TPSA) is 88.6 Å². The van der Waals surface area contributed by atoms with Gasteiger partial charge in [-0.25, -0.2) is 17.7 Å². The number of pyridine rings is 1. The fourth-order valence-corrected chi connectivity index (χ4v) is 5.55. The molecule has 1 N–H and O–H groups in total. The van der Waals surface area contributed by atoms with Crippen LogP contribution in [-0.2, 0) is 19.6 Å². The van der Waals surface area contributed by atoms with Gasteiger partial charge in [-0.05, 0) is 44.7 Å². The molecule has 138 valence electrons. The maximum absolute atomic E-state index is 12.9. The van der Waals surface area contributed by atoms with E-state index in [4.69, 9.17) is 4.74 Å². The zero-order chi connectivity index (χ0) is 18.1. The summed E-state index contributed by atoms with van der Waals surface area (Å²) in [5, 5.41) is 2.81. The summed E-state index contributed by atoms with van der Waals surface area (Å²) in [6.45, 7) is 2.77. The number of anilines is 1. The molecule has 25 heavy (non-hydrogen) atoms. The minimum Gasteiger partial charge on any atom is -0.383 e. The van der Waals surface area contributed by atoms with Gasteiger partial charge >= 0.3 is 0 Å². The molecular formula is C17H25N3O4S. The molecule has 2 heterocycles. The summed E-state index contributed by atoms with van der Waals surface area (Å²) in [5.74, 6) is -0.0261. The number of hydrogen-bond acceptors (Lipinski definition) is 5. The summed E-state index contributed by atoms with van der Waals surface area (Å²) >= 11 is 0. The second-order valence-corrected chi connectivity index (χ2v) is 9.30. The predicted molar refractivity (Wildman–Crippen MR) is 94.7 cm³/mol. The Balaban J connectivity index is 1.68. The number of aryl methyl sites for hydroxylation is 1. The predicted octanol–water partition coefficient (Wildman–Crippen LogP) is 1.55. The highest BCUT2D eigenvalue weighted by molar-refractivity contribution is 7.90. The van der Waals surface area contributed by atoms with E-state index in [2.05, 4.69) is 10.3 Å². The molecular weight excluding hydrogens is 342 g/mol. The van der Waals surface area contributed by atoms with Gasteiger partial charge in [0.15, 0.2) is 0 Å². The number of ether oxygens (including phenoxy) is 1. The highest BCUT2D eigenvalue weighted by Gasteiger charge is 2.57. The first kappa shape index (κ1) is 18.3. The van der Waals surface area contributed by atoms with E-state index in [9.17, 15) is 13.2 Å². The fraction of sp³-hybridized carbons (Fsp3) is 0.647. The molecule has 1 unspecified atom stereocenters. The number of rotatable bonds is 6. The normalized spacial score (nSPS) is 23.2. The number of sulfonamides is 1. The van der Waals surface area contributed by atoms with Crippen LogP contribution in [0, 0.1) is 12.8 Å². The molecule has 0 bridgehead atoms. The van der Waals surface area contributed by atoms with Gasteiger partial charge in [-0.3, -0.25) is 4.79 Å². The lowest BCUT2D eigenvalue weighted by Gasteiger charge is -2.33. The van der Waals surface area contributed by atoms with E-state index < -0.39 is 14.8 Å². The molecule has 2 fully saturated rings. The second-order valence-electron chi connectivity index (χ2n) is 6.97. The molecule has 1 saturated heterocycles. The summed E-state index contributed by atoms with van der Waals surface area (Å²) in [4.78, 5) is 16.8. The van der Waals surface area contributed by atoms with Crippen LogP contribution in [0.3, 0.4) is 0 Å². The molecule has 8 heteroatoms. The molecule has 1 aromatic heterocycles. The molecule has 1 atom stereocenters. The van der Waals surface area contributed by atoms with Crippen LogP contribution in [0.1, 0.15) is 31.4 Å². The van der Waals surface area contributed by atoms with Gasteiger partial charge in [-0.2, -0.15) is 0 Å². The number of methoxy groups -OCH3 is 1. The lowest BCUT2D eigenvalue weighted by atomic mass is 9.99. The molecule has 0 aromatic carbocycles. The van der Waals surface area contributed by atoms with Crippen molar-refractivity contribution in [3.63, 3.8) is 0 Å². The smallest absolute Gasteiger partial charge is 0.229 e. The Morgan fingerprint density at radius 3 is 2.84 bits per heavy atom. The van der Waals surface area contributed by atoms with E-state index in [-0.39, 0.29) is 25.0 Å². The maximum atomic E-state index is 12.9. The lowest BCUT2D eigenvalue weighted by molar-refractivity contribution is -0.120. The van der Waals surface area contributed by atoms with E-state index in [0.717, 1.165) is 5.69 Å². The number of piperidine rings is 1. The van der Waals surface area contributed by atoms with Gasteiger partial charge in [0, 0.05) is 25.9 Å². The minimum atomic E-state index is -3.45. The van der Waals surface area contributed by atoms with Gasteiger partial charge in [0.2, 0.25) is 15.9 Å². The van der Waals surface area contributed by atoms with Crippen molar-refractivity contribution in [1.82, 2.24) is 9.29 Å². The summed E-state index contributed by atoms with van der Waals surface area (Å²) in [7, 11) is -1.92. The average Bonchev–Trinajstić information content (AvgIpc) is 3.37. The van der Waals surface area contributed by atoms with Crippen molar-refractivity contribution < 1.29 is 17.9 Å². The number of carbonyl (C=O) groups excluding carboxylic acids is 1. The van der Waals surface area contributed by atoms with Crippen LogP contribution in [0.25, 0.3) is 0 Å². The third-order valence-electron chi connectivity index (χ3n) is 5.00. The summed E-state index contributed by atoms with van der Waals surface area (Å²) in [5.41, 5.74) is 0.820. The van der Waals surface area contributed by atoms with Crippen molar-refractivity contribution in [1.29, 1.82) is 0 Å². The maximum Gasteiger partial charge on any atom is 0.229 e. The second kappa shape index (κ2) is 7.01. The molecule has 1 saturated carbocycles. The number of carbonyl (C=O) groups is 1. The van der Waals surface area contributed by atoms with E-state index in [1.54, 1.807) is 6.07 Å². The highest BCUT2D eigenvalue weighted by Crippen LogP contribution is 2.46. The van der Waals surface area contributed by atoms with Crippen molar-refractivity contribution in [3.8, 4) is 0 Å². The Bertz CT molecular complexity index is 746. The Morgan fingerprint density at radius 2 is 2.20 bits per heavy atom. The van der Waals surface area contributed by atoms with E-state index in [0.29, 0.717) is 38.0 Å². The van der Waals surface area contributed by atoms with E-state index >= 15 is 0 Å². The Hall–Kier alpha value is -1.51.